The molecule has 27 heavy (non-hydrogen) atoms. The van der Waals surface area contributed by atoms with Crippen molar-refractivity contribution in [1.82, 2.24) is 9.97 Å². The van der Waals surface area contributed by atoms with Crippen molar-refractivity contribution < 1.29 is 0 Å². The highest BCUT2D eigenvalue weighted by Gasteiger charge is 2.24. The molecule has 1 heterocycles. The molecule has 0 saturated heterocycles. The quantitative estimate of drug-likeness (QED) is 0.282. The third-order valence-electron chi connectivity index (χ3n) is 4.23. The Kier molecular flexibility index (Phi) is 7.06. The van der Waals surface area contributed by atoms with Gasteiger partial charge in [0.25, 0.3) is 0 Å². The van der Waals surface area contributed by atoms with E-state index in [4.69, 9.17) is 9.97 Å². The predicted molar refractivity (Wildman–Crippen MR) is 120 cm³/mol. The number of nitrogens with zero attached hydrogens (tertiary/aromatic N) is 2. The van der Waals surface area contributed by atoms with Crippen molar-refractivity contribution in [2.24, 2.45) is 0 Å². The molecule has 1 aromatic heterocycles. The van der Waals surface area contributed by atoms with Gasteiger partial charge in [0, 0.05) is 16.5 Å². The highest BCUT2D eigenvalue weighted by atomic mass is 14.8. The Morgan fingerprint density at radius 2 is 1.11 bits per heavy atom. The SMILES string of the molecule is CC.CC.CC.Cc1ccc2nc3c(nc2c1)-c1cccc2cccc-3c12. The van der Waals surface area contributed by atoms with E-state index < -0.39 is 0 Å². The number of fused-ring (bicyclic) bond motifs is 4. The molecule has 0 unspecified atom stereocenters. The van der Waals surface area contributed by atoms with Gasteiger partial charge < -0.3 is 0 Å². The van der Waals surface area contributed by atoms with Crippen molar-refractivity contribution in [2.45, 2.75) is 48.5 Å². The van der Waals surface area contributed by atoms with E-state index in [9.17, 15) is 0 Å². The fourth-order valence-corrected chi connectivity index (χ4v) is 3.28. The minimum atomic E-state index is 0.962. The summed E-state index contributed by atoms with van der Waals surface area (Å²) in [5.74, 6) is 0. The number of hydrogen-bond donors (Lipinski definition) is 0. The molecule has 0 N–H and O–H groups in total. The van der Waals surface area contributed by atoms with Gasteiger partial charge >= 0.3 is 0 Å². The summed E-state index contributed by atoms with van der Waals surface area (Å²) >= 11 is 0. The Morgan fingerprint density at radius 1 is 0.593 bits per heavy atom. The molecule has 4 aromatic rings. The third kappa shape index (κ3) is 3.57. The van der Waals surface area contributed by atoms with Gasteiger partial charge in [0.05, 0.1) is 22.4 Å². The van der Waals surface area contributed by atoms with Gasteiger partial charge in [-0.05, 0) is 30.0 Å². The van der Waals surface area contributed by atoms with E-state index in [0.717, 1.165) is 22.4 Å². The zero-order chi connectivity index (χ0) is 20.0. The van der Waals surface area contributed by atoms with Gasteiger partial charge in [0.1, 0.15) is 0 Å². The summed E-state index contributed by atoms with van der Waals surface area (Å²) in [5, 5.41) is 2.53. The van der Waals surface area contributed by atoms with E-state index in [-0.39, 0.29) is 0 Å². The monoisotopic (exact) mass is 358 g/mol. The Bertz CT molecular complexity index is 1040. The van der Waals surface area contributed by atoms with Gasteiger partial charge in [-0.2, -0.15) is 0 Å². The summed E-state index contributed by atoms with van der Waals surface area (Å²) in [6.07, 6.45) is 0. The van der Waals surface area contributed by atoms with Gasteiger partial charge in [-0.3, -0.25) is 0 Å². The van der Waals surface area contributed by atoms with E-state index in [1.807, 2.05) is 41.5 Å². The minimum absolute atomic E-state index is 0.962. The summed E-state index contributed by atoms with van der Waals surface area (Å²) in [7, 11) is 0. The van der Waals surface area contributed by atoms with Crippen LogP contribution in [0.3, 0.4) is 0 Å². The molecule has 1 aliphatic rings. The minimum Gasteiger partial charge on any atom is -0.244 e. The van der Waals surface area contributed by atoms with E-state index >= 15 is 0 Å². The maximum atomic E-state index is 4.89. The molecule has 0 aliphatic heterocycles. The fourth-order valence-electron chi connectivity index (χ4n) is 3.28. The number of benzene rings is 3. The molecular formula is C25H30N2. The molecule has 0 atom stereocenters. The summed E-state index contributed by atoms with van der Waals surface area (Å²) in [6, 6.07) is 19.0. The molecule has 0 fully saturated rings. The van der Waals surface area contributed by atoms with Crippen LogP contribution in [0, 0.1) is 6.92 Å². The first-order valence-electron chi connectivity index (χ1n) is 10.1. The van der Waals surface area contributed by atoms with Crippen LogP contribution in [0.5, 0.6) is 0 Å². The summed E-state index contributed by atoms with van der Waals surface area (Å²) in [5.41, 5.74) is 7.58. The van der Waals surface area contributed by atoms with Crippen LogP contribution in [0.25, 0.3) is 44.3 Å². The lowest BCUT2D eigenvalue weighted by atomic mass is 10.0. The average molecular weight is 359 g/mol. The first kappa shape index (κ1) is 20.6. The van der Waals surface area contributed by atoms with Crippen LogP contribution in [0.4, 0.5) is 0 Å². The van der Waals surface area contributed by atoms with Crippen LogP contribution in [0.2, 0.25) is 0 Å². The van der Waals surface area contributed by atoms with E-state index in [2.05, 4.69) is 61.5 Å². The second-order valence-electron chi connectivity index (χ2n) is 5.62. The van der Waals surface area contributed by atoms with Crippen LogP contribution in [-0.2, 0) is 0 Å². The lowest BCUT2D eigenvalue weighted by Crippen LogP contribution is -1.90. The molecule has 3 aromatic carbocycles. The van der Waals surface area contributed by atoms with Crippen molar-refractivity contribution >= 4 is 21.8 Å². The third-order valence-corrected chi connectivity index (χ3v) is 4.23. The highest BCUT2D eigenvalue weighted by molar-refractivity contribution is 6.14. The van der Waals surface area contributed by atoms with Crippen molar-refractivity contribution in [1.29, 1.82) is 0 Å². The molecule has 0 spiro atoms. The van der Waals surface area contributed by atoms with Gasteiger partial charge in [-0.25, -0.2) is 9.97 Å². The van der Waals surface area contributed by atoms with Crippen molar-refractivity contribution in [3.05, 3.63) is 60.2 Å². The summed E-state index contributed by atoms with van der Waals surface area (Å²) in [4.78, 5) is 9.77. The van der Waals surface area contributed by atoms with Crippen LogP contribution in [0.1, 0.15) is 47.1 Å². The molecule has 0 radical (unpaired) electrons. The highest BCUT2D eigenvalue weighted by Crippen LogP contribution is 2.45. The van der Waals surface area contributed by atoms with Crippen LogP contribution in [-0.4, -0.2) is 9.97 Å². The zero-order valence-electron chi connectivity index (χ0n) is 17.6. The topological polar surface area (TPSA) is 25.8 Å². The lowest BCUT2D eigenvalue weighted by Gasteiger charge is -2.04. The summed E-state index contributed by atoms with van der Waals surface area (Å²) < 4.78 is 0. The Hall–Kier alpha value is -2.74. The average Bonchev–Trinajstić information content (AvgIpc) is 3.06. The van der Waals surface area contributed by atoms with Crippen molar-refractivity contribution in [3.8, 4) is 22.5 Å². The maximum absolute atomic E-state index is 4.89. The predicted octanol–water partition coefficient (Wildman–Crippen LogP) is 7.82. The smallest absolute Gasteiger partial charge is 0.0979 e. The van der Waals surface area contributed by atoms with E-state index in [1.165, 1.54) is 27.5 Å². The Balaban J connectivity index is 0.000000400. The molecule has 0 amide bonds. The summed E-state index contributed by atoms with van der Waals surface area (Å²) in [6.45, 7) is 14.1. The van der Waals surface area contributed by atoms with Gasteiger partial charge in [0.15, 0.2) is 0 Å². The normalized spacial score (nSPS) is 10.0. The molecule has 0 bridgehead atoms. The first-order chi connectivity index (χ1) is 13.3. The standard InChI is InChI=1S/C19H12N2.3C2H6/c1-11-8-9-15-16(10-11)21-19-14-7-3-5-12-4-2-6-13(17(12)14)18(19)20-15;3*1-2/h2-10H,1H3;3*1-2H3. The molecule has 0 saturated carbocycles. The second-order valence-corrected chi connectivity index (χ2v) is 5.62. The number of aryl methyl sites for hydroxylation is 1. The van der Waals surface area contributed by atoms with Gasteiger partial charge in [-0.1, -0.05) is 84.0 Å². The fraction of sp³-hybridized carbons (Fsp3) is 0.280. The molecular weight excluding hydrogens is 328 g/mol. The second kappa shape index (κ2) is 9.27. The Labute approximate surface area is 163 Å². The zero-order valence-corrected chi connectivity index (χ0v) is 17.6. The molecule has 1 aliphatic carbocycles. The lowest BCUT2D eigenvalue weighted by molar-refractivity contribution is 1.31. The van der Waals surface area contributed by atoms with Crippen LogP contribution in [0.15, 0.2) is 54.6 Å². The first-order valence-corrected chi connectivity index (χ1v) is 10.1. The van der Waals surface area contributed by atoms with Crippen molar-refractivity contribution in [3.63, 3.8) is 0 Å². The van der Waals surface area contributed by atoms with Gasteiger partial charge in [-0.15, -0.1) is 0 Å². The van der Waals surface area contributed by atoms with Gasteiger partial charge in [0.2, 0.25) is 0 Å². The molecule has 2 nitrogen and oxygen atoms in total. The largest absolute Gasteiger partial charge is 0.244 e. The number of rotatable bonds is 0. The molecule has 140 valence electrons. The van der Waals surface area contributed by atoms with E-state index in [1.54, 1.807) is 0 Å². The van der Waals surface area contributed by atoms with Crippen LogP contribution < -0.4 is 0 Å². The molecule has 2 heteroatoms. The van der Waals surface area contributed by atoms with E-state index in [0.29, 0.717) is 0 Å². The molecule has 5 rings (SSSR count). The van der Waals surface area contributed by atoms with Crippen molar-refractivity contribution in [2.75, 3.05) is 0 Å². The Morgan fingerprint density at radius 3 is 1.67 bits per heavy atom. The maximum Gasteiger partial charge on any atom is 0.0979 e. The number of aromatic nitrogens is 2. The van der Waals surface area contributed by atoms with Crippen LogP contribution >= 0.6 is 0 Å². The number of hydrogen-bond acceptors (Lipinski definition) is 2.